The van der Waals surface area contributed by atoms with Crippen LogP contribution in [0.2, 0.25) is 0 Å². The summed E-state index contributed by atoms with van der Waals surface area (Å²) in [4.78, 5) is 12.1. The number of rotatable bonds is 6. The maximum atomic E-state index is 12.1. The Balaban J connectivity index is 1.54. The highest BCUT2D eigenvalue weighted by Gasteiger charge is 2.28. The summed E-state index contributed by atoms with van der Waals surface area (Å²) in [5.41, 5.74) is 2.08. The molecule has 1 N–H and O–H groups in total. The van der Waals surface area contributed by atoms with E-state index in [1.807, 2.05) is 30.3 Å². The van der Waals surface area contributed by atoms with E-state index < -0.39 is 18.7 Å². The molecule has 3 rings (SSSR count). The Morgan fingerprint density at radius 3 is 2.44 bits per heavy atom. The van der Waals surface area contributed by atoms with Gasteiger partial charge in [0.15, 0.2) is 6.61 Å². The van der Waals surface area contributed by atoms with E-state index in [4.69, 9.17) is 4.52 Å². The third-order valence-electron chi connectivity index (χ3n) is 3.58. The van der Waals surface area contributed by atoms with Crippen LogP contribution >= 0.6 is 0 Å². The molecule has 0 atom stereocenters. The number of hydrogen-bond donors (Lipinski definition) is 1. The van der Waals surface area contributed by atoms with Gasteiger partial charge in [0.1, 0.15) is 11.4 Å². The number of carbonyl (C=O) groups excluding carboxylic acids is 1. The van der Waals surface area contributed by atoms with Crippen LogP contribution in [0.1, 0.15) is 16.1 Å². The summed E-state index contributed by atoms with van der Waals surface area (Å²) in [7, 11) is 0. The Hall–Kier alpha value is -3.29. The van der Waals surface area contributed by atoms with Crippen molar-refractivity contribution in [2.75, 3.05) is 6.61 Å². The summed E-state index contributed by atoms with van der Waals surface area (Å²) in [6, 6.07) is 16.8. The maximum Gasteiger partial charge on any atom is 0.422 e. The second kappa shape index (κ2) is 7.94. The highest BCUT2D eigenvalue weighted by Crippen LogP contribution is 2.20. The Kier molecular flexibility index (Phi) is 5.44. The molecular formula is C19H15F3N2O3. The predicted octanol–water partition coefficient (Wildman–Crippen LogP) is 4.21. The number of hydrogen-bond acceptors (Lipinski definition) is 4. The monoisotopic (exact) mass is 376 g/mol. The molecule has 27 heavy (non-hydrogen) atoms. The Morgan fingerprint density at radius 2 is 1.78 bits per heavy atom. The van der Waals surface area contributed by atoms with Crippen LogP contribution in [-0.4, -0.2) is 23.8 Å². The molecular weight excluding hydrogens is 361 g/mol. The minimum atomic E-state index is -4.39. The fraction of sp³-hybridized carbons (Fsp3) is 0.158. The Bertz CT molecular complexity index is 891. The first-order valence-corrected chi connectivity index (χ1v) is 7.99. The van der Waals surface area contributed by atoms with E-state index in [0.717, 1.165) is 5.56 Å². The molecule has 0 aliphatic rings. The summed E-state index contributed by atoms with van der Waals surface area (Å²) in [6.45, 7) is -1.17. The van der Waals surface area contributed by atoms with Crippen molar-refractivity contribution in [2.45, 2.75) is 12.7 Å². The van der Waals surface area contributed by atoms with E-state index in [1.165, 1.54) is 12.1 Å². The van der Waals surface area contributed by atoms with Crippen molar-refractivity contribution >= 4 is 5.91 Å². The Labute approximate surface area is 152 Å². The quantitative estimate of drug-likeness (QED) is 0.700. The zero-order valence-corrected chi connectivity index (χ0v) is 14.0. The van der Waals surface area contributed by atoms with E-state index in [-0.39, 0.29) is 18.1 Å². The number of amides is 1. The molecule has 1 heterocycles. The molecule has 0 aliphatic heterocycles. The average Bonchev–Trinajstić information content (AvgIpc) is 3.16. The van der Waals surface area contributed by atoms with E-state index in [9.17, 15) is 18.0 Å². The second-order valence-electron chi connectivity index (χ2n) is 5.67. The van der Waals surface area contributed by atoms with Gasteiger partial charge >= 0.3 is 6.18 Å². The van der Waals surface area contributed by atoms with Crippen LogP contribution in [0.5, 0.6) is 5.75 Å². The van der Waals surface area contributed by atoms with Crippen LogP contribution in [-0.2, 0) is 6.54 Å². The van der Waals surface area contributed by atoms with Gasteiger partial charge in [-0.05, 0) is 17.7 Å². The number of alkyl halides is 3. The van der Waals surface area contributed by atoms with Gasteiger partial charge in [0.25, 0.3) is 5.91 Å². The van der Waals surface area contributed by atoms with Crippen LogP contribution in [0.3, 0.4) is 0 Å². The van der Waals surface area contributed by atoms with Crippen molar-refractivity contribution < 1.29 is 27.2 Å². The van der Waals surface area contributed by atoms with Gasteiger partial charge in [0, 0.05) is 18.2 Å². The van der Waals surface area contributed by atoms with Gasteiger partial charge in [0.05, 0.1) is 0 Å². The molecule has 2 aromatic carbocycles. The minimum absolute atomic E-state index is 0.0685. The fourth-order valence-corrected chi connectivity index (χ4v) is 2.27. The molecule has 0 saturated heterocycles. The van der Waals surface area contributed by atoms with E-state index in [1.54, 1.807) is 18.2 Å². The highest BCUT2D eigenvalue weighted by molar-refractivity contribution is 5.92. The van der Waals surface area contributed by atoms with E-state index in [2.05, 4.69) is 15.2 Å². The first-order chi connectivity index (χ1) is 12.9. The number of aromatic nitrogens is 1. The van der Waals surface area contributed by atoms with Crippen LogP contribution in [0, 0.1) is 0 Å². The second-order valence-corrected chi connectivity index (χ2v) is 5.67. The number of nitrogens with one attached hydrogen (secondary N) is 1. The molecule has 8 heteroatoms. The minimum Gasteiger partial charge on any atom is -0.484 e. The predicted molar refractivity (Wildman–Crippen MR) is 91.1 cm³/mol. The molecule has 1 amide bonds. The van der Waals surface area contributed by atoms with Crippen molar-refractivity contribution in [3.8, 4) is 17.0 Å². The number of carbonyl (C=O) groups is 1. The van der Waals surface area contributed by atoms with Crippen molar-refractivity contribution in [3.05, 3.63) is 72.0 Å². The first-order valence-electron chi connectivity index (χ1n) is 7.99. The molecule has 140 valence electrons. The lowest BCUT2D eigenvalue weighted by Gasteiger charge is -2.09. The lowest BCUT2D eigenvalue weighted by molar-refractivity contribution is -0.153. The zero-order valence-electron chi connectivity index (χ0n) is 14.0. The van der Waals surface area contributed by atoms with Crippen LogP contribution < -0.4 is 10.1 Å². The fourth-order valence-electron chi connectivity index (χ4n) is 2.27. The number of halogens is 3. The number of nitrogens with zero attached hydrogens (tertiary/aromatic N) is 1. The highest BCUT2D eigenvalue weighted by atomic mass is 19.4. The lowest BCUT2D eigenvalue weighted by Crippen LogP contribution is -2.22. The SMILES string of the molecule is O=C(NCc1ccc(OCC(F)(F)F)cc1)c1cc(-c2ccccc2)no1. The molecule has 1 aromatic heterocycles. The van der Waals surface area contributed by atoms with Crippen molar-refractivity contribution in [1.82, 2.24) is 10.5 Å². The largest absolute Gasteiger partial charge is 0.484 e. The van der Waals surface area contributed by atoms with Gasteiger partial charge in [-0.25, -0.2) is 0 Å². The smallest absolute Gasteiger partial charge is 0.422 e. The first kappa shape index (κ1) is 18.5. The van der Waals surface area contributed by atoms with Crippen LogP contribution in [0.25, 0.3) is 11.3 Å². The lowest BCUT2D eigenvalue weighted by atomic mass is 10.1. The third kappa shape index (κ3) is 5.34. The summed E-state index contributed by atoms with van der Waals surface area (Å²) in [6.07, 6.45) is -4.39. The van der Waals surface area contributed by atoms with Gasteiger partial charge in [-0.3, -0.25) is 4.79 Å². The summed E-state index contributed by atoms with van der Waals surface area (Å²) in [5, 5.41) is 6.53. The van der Waals surface area contributed by atoms with Gasteiger partial charge < -0.3 is 14.6 Å². The molecule has 0 radical (unpaired) electrons. The summed E-state index contributed by atoms with van der Waals surface area (Å²) >= 11 is 0. The zero-order chi connectivity index (χ0) is 19.3. The average molecular weight is 376 g/mol. The van der Waals surface area contributed by atoms with Gasteiger partial charge in [-0.2, -0.15) is 13.2 Å². The molecule has 0 fully saturated rings. The van der Waals surface area contributed by atoms with Crippen molar-refractivity contribution in [3.63, 3.8) is 0 Å². The topological polar surface area (TPSA) is 64.4 Å². The number of benzene rings is 2. The van der Waals surface area contributed by atoms with Gasteiger partial charge in [0.2, 0.25) is 5.76 Å². The number of ether oxygens (including phenoxy) is 1. The summed E-state index contributed by atoms with van der Waals surface area (Å²) < 4.78 is 46.0. The van der Waals surface area contributed by atoms with E-state index >= 15 is 0 Å². The molecule has 0 spiro atoms. The molecule has 3 aromatic rings. The molecule has 0 bridgehead atoms. The summed E-state index contributed by atoms with van der Waals surface area (Å²) in [5.74, 6) is -0.272. The standard InChI is InChI=1S/C19H15F3N2O3/c20-19(21,22)12-26-15-8-6-13(7-9-15)11-23-18(25)17-10-16(24-27-17)14-4-2-1-3-5-14/h1-10H,11-12H2,(H,23,25). The van der Waals surface area contributed by atoms with E-state index in [0.29, 0.717) is 11.3 Å². The molecule has 5 nitrogen and oxygen atoms in total. The third-order valence-corrected chi connectivity index (χ3v) is 3.58. The van der Waals surface area contributed by atoms with Crippen LogP contribution in [0.15, 0.2) is 65.2 Å². The van der Waals surface area contributed by atoms with Crippen molar-refractivity contribution in [2.24, 2.45) is 0 Å². The Morgan fingerprint density at radius 1 is 1.07 bits per heavy atom. The maximum absolute atomic E-state index is 12.1. The molecule has 0 saturated carbocycles. The molecule has 0 aliphatic carbocycles. The van der Waals surface area contributed by atoms with Gasteiger partial charge in [-0.15, -0.1) is 0 Å². The van der Waals surface area contributed by atoms with Gasteiger partial charge in [-0.1, -0.05) is 47.6 Å². The molecule has 0 unspecified atom stereocenters. The van der Waals surface area contributed by atoms with Crippen molar-refractivity contribution in [1.29, 1.82) is 0 Å². The normalized spacial score (nSPS) is 11.2. The van der Waals surface area contributed by atoms with Crippen LogP contribution in [0.4, 0.5) is 13.2 Å².